The molecule has 0 aliphatic carbocycles. The molecule has 1 aliphatic heterocycles. The lowest BCUT2D eigenvalue weighted by molar-refractivity contribution is 0.0635. The van der Waals surface area contributed by atoms with Crippen molar-refractivity contribution in [3.8, 4) is 0 Å². The van der Waals surface area contributed by atoms with E-state index in [2.05, 4.69) is 4.98 Å². The molecule has 0 radical (unpaired) electrons. The second-order valence-electron chi connectivity index (χ2n) is 4.80. The van der Waals surface area contributed by atoms with Crippen molar-refractivity contribution in [3.63, 3.8) is 0 Å². The maximum atomic E-state index is 12.2. The minimum Gasteiger partial charge on any atom is -0.391 e. The van der Waals surface area contributed by atoms with E-state index >= 15 is 0 Å². The Kier molecular flexibility index (Phi) is 2.68. The molecule has 0 aromatic carbocycles. The normalized spacial score (nSPS) is 23.4. The number of aliphatic hydroxyl groups excluding tert-OH is 1. The monoisotopic (exact) mass is 220 g/mol. The number of hydrogen-bond donors (Lipinski definition) is 1. The second-order valence-corrected chi connectivity index (χ2v) is 4.80. The molecule has 4 nitrogen and oxygen atoms in total. The average Bonchev–Trinajstić information content (AvgIpc) is 2.52. The van der Waals surface area contributed by atoms with Crippen molar-refractivity contribution in [1.82, 2.24) is 9.88 Å². The van der Waals surface area contributed by atoms with Gasteiger partial charge < -0.3 is 10.0 Å². The van der Waals surface area contributed by atoms with Gasteiger partial charge >= 0.3 is 0 Å². The first-order chi connectivity index (χ1) is 7.50. The number of aromatic nitrogens is 1. The highest BCUT2D eigenvalue weighted by atomic mass is 16.3. The number of rotatable bonds is 1. The second kappa shape index (κ2) is 3.87. The third-order valence-corrected chi connectivity index (χ3v) is 2.99. The van der Waals surface area contributed by atoms with Crippen LogP contribution in [-0.4, -0.2) is 39.1 Å². The number of carbonyl (C=O) groups excluding carboxylic acids is 1. The van der Waals surface area contributed by atoms with Crippen molar-refractivity contribution in [3.05, 3.63) is 30.1 Å². The summed E-state index contributed by atoms with van der Waals surface area (Å²) >= 11 is 0. The van der Waals surface area contributed by atoms with Crippen LogP contribution in [0.4, 0.5) is 0 Å². The molecule has 1 atom stereocenters. The molecule has 0 saturated carbocycles. The van der Waals surface area contributed by atoms with Gasteiger partial charge in [0.2, 0.25) is 0 Å². The molecule has 1 unspecified atom stereocenters. The van der Waals surface area contributed by atoms with Crippen LogP contribution in [0.2, 0.25) is 0 Å². The van der Waals surface area contributed by atoms with Crippen LogP contribution in [0.25, 0.3) is 0 Å². The molecule has 1 amide bonds. The van der Waals surface area contributed by atoms with Gasteiger partial charge in [0, 0.05) is 18.3 Å². The minimum absolute atomic E-state index is 0.109. The molecule has 86 valence electrons. The maximum absolute atomic E-state index is 12.2. The molecular formula is C12H16N2O2. The Bertz CT molecular complexity index is 389. The summed E-state index contributed by atoms with van der Waals surface area (Å²) in [5.74, 6) is -0.109. The van der Waals surface area contributed by atoms with Gasteiger partial charge in [-0.15, -0.1) is 0 Å². The molecule has 4 heteroatoms. The van der Waals surface area contributed by atoms with Crippen LogP contribution in [0.15, 0.2) is 24.4 Å². The molecule has 2 rings (SSSR count). The summed E-state index contributed by atoms with van der Waals surface area (Å²) in [6, 6.07) is 5.27. The van der Waals surface area contributed by atoms with E-state index in [1.54, 1.807) is 29.3 Å². The predicted molar refractivity (Wildman–Crippen MR) is 60.0 cm³/mol. The van der Waals surface area contributed by atoms with Crippen molar-refractivity contribution >= 4 is 5.91 Å². The number of hydrogen-bond acceptors (Lipinski definition) is 3. The molecule has 0 spiro atoms. The first-order valence-corrected chi connectivity index (χ1v) is 5.42. The Morgan fingerprint density at radius 3 is 2.81 bits per heavy atom. The van der Waals surface area contributed by atoms with E-state index in [1.807, 2.05) is 13.8 Å². The van der Waals surface area contributed by atoms with Crippen molar-refractivity contribution in [2.45, 2.75) is 31.9 Å². The van der Waals surface area contributed by atoms with Gasteiger partial charge in [-0.25, -0.2) is 0 Å². The van der Waals surface area contributed by atoms with Gasteiger partial charge in [-0.2, -0.15) is 0 Å². The molecule has 1 saturated heterocycles. The van der Waals surface area contributed by atoms with Gasteiger partial charge in [-0.3, -0.25) is 9.78 Å². The zero-order valence-corrected chi connectivity index (χ0v) is 9.55. The van der Waals surface area contributed by atoms with Crippen LogP contribution in [0.1, 0.15) is 30.8 Å². The molecule has 1 aromatic heterocycles. The first-order valence-electron chi connectivity index (χ1n) is 5.42. The van der Waals surface area contributed by atoms with E-state index in [0.717, 1.165) is 0 Å². The number of nitrogens with zero attached hydrogens (tertiary/aromatic N) is 2. The molecule has 1 N–H and O–H groups in total. The van der Waals surface area contributed by atoms with Crippen molar-refractivity contribution in [2.24, 2.45) is 0 Å². The lowest BCUT2D eigenvalue weighted by atomic mass is 10.0. The van der Waals surface area contributed by atoms with Crippen molar-refractivity contribution in [2.75, 3.05) is 6.54 Å². The fourth-order valence-electron chi connectivity index (χ4n) is 2.19. The van der Waals surface area contributed by atoms with Crippen molar-refractivity contribution < 1.29 is 9.90 Å². The quantitative estimate of drug-likeness (QED) is 0.770. The van der Waals surface area contributed by atoms with Gasteiger partial charge in [-0.05, 0) is 32.4 Å². The highest BCUT2D eigenvalue weighted by molar-refractivity contribution is 5.93. The molecular weight excluding hydrogens is 204 g/mol. The fraction of sp³-hybridized carbons (Fsp3) is 0.500. The Morgan fingerprint density at radius 1 is 1.56 bits per heavy atom. The Labute approximate surface area is 94.9 Å². The first kappa shape index (κ1) is 11.1. The topological polar surface area (TPSA) is 53.4 Å². The van der Waals surface area contributed by atoms with E-state index in [4.69, 9.17) is 0 Å². The summed E-state index contributed by atoms with van der Waals surface area (Å²) in [5, 5.41) is 9.62. The van der Waals surface area contributed by atoms with Gasteiger partial charge in [-0.1, -0.05) is 6.07 Å². The van der Waals surface area contributed by atoms with Crippen LogP contribution in [-0.2, 0) is 0 Å². The summed E-state index contributed by atoms with van der Waals surface area (Å²) in [5.41, 5.74) is 0.137. The van der Waals surface area contributed by atoms with E-state index in [9.17, 15) is 9.90 Å². The molecule has 1 aliphatic rings. The lowest BCUT2D eigenvalue weighted by Gasteiger charge is -2.30. The standard InChI is InChI=1S/C12H16N2O2/c1-12(2)7-9(15)8-14(12)11(16)10-5-3-4-6-13-10/h3-6,9,15H,7-8H2,1-2H3. The Morgan fingerprint density at radius 2 is 2.31 bits per heavy atom. The molecule has 1 aromatic rings. The highest BCUT2D eigenvalue weighted by Crippen LogP contribution is 2.29. The fourth-order valence-corrected chi connectivity index (χ4v) is 2.19. The van der Waals surface area contributed by atoms with Gasteiger partial charge in [0.15, 0.2) is 0 Å². The summed E-state index contributed by atoms with van der Waals surface area (Å²) in [6.07, 6.45) is 1.79. The third kappa shape index (κ3) is 1.93. The lowest BCUT2D eigenvalue weighted by Crippen LogP contribution is -2.43. The highest BCUT2D eigenvalue weighted by Gasteiger charge is 2.40. The van der Waals surface area contributed by atoms with E-state index in [0.29, 0.717) is 18.7 Å². The van der Waals surface area contributed by atoms with Crippen LogP contribution in [0, 0.1) is 0 Å². The molecule has 0 bridgehead atoms. The van der Waals surface area contributed by atoms with Crippen LogP contribution >= 0.6 is 0 Å². The number of carbonyl (C=O) groups is 1. The zero-order valence-electron chi connectivity index (χ0n) is 9.55. The molecule has 1 fully saturated rings. The van der Waals surface area contributed by atoms with Crippen LogP contribution in [0.5, 0.6) is 0 Å². The van der Waals surface area contributed by atoms with Gasteiger partial charge in [0.1, 0.15) is 5.69 Å². The summed E-state index contributed by atoms with van der Waals surface area (Å²) in [7, 11) is 0. The average molecular weight is 220 g/mol. The Hall–Kier alpha value is -1.42. The number of aliphatic hydroxyl groups is 1. The van der Waals surface area contributed by atoms with Crippen LogP contribution in [0.3, 0.4) is 0 Å². The summed E-state index contributed by atoms with van der Waals surface area (Å²) in [4.78, 5) is 17.9. The third-order valence-electron chi connectivity index (χ3n) is 2.99. The predicted octanol–water partition coefficient (Wildman–Crippen LogP) is 1.07. The largest absolute Gasteiger partial charge is 0.391 e. The van der Waals surface area contributed by atoms with Gasteiger partial charge in [0.05, 0.1) is 6.10 Å². The maximum Gasteiger partial charge on any atom is 0.272 e. The number of pyridine rings is 1. The molecule has 2 heterocycles. The molecule has 16 heavy (non-hydrogen) atoms. The summed E-state index contributed by atoms with van der Waals surface area (Å²) in [6.45, 7) is 4.32. The smallest absolute Gasteiger partial charge is 0.272 e. The minimum atomic E-state index is -0.428. The van der Waals surface area contributed by atoms with E-state index in [1.165, 1.54) is 0 Å². The van der Waals surface area contributed by atoms with Crippen LogP contribution < -0.4 is 0 Å². The van der Waals surface area contributed by atoms with E-state index < -0.39 is 6.10 Å². The summed E-state index contributed by atoms with van der Waals surface area (Å²) < 4.78 is 0. The Balaban J connectivity index is 2.23. The zero-order chi connectivity index (χ0) is 11.8. The number of amides is 1. The number of likely N-dealkylation sites (tertiary alicyclic amines) is 1. The van der Waals surface area contributed by atoms with Crippen molar-refractivity contribution in [1.29, 1.82) is 0 Å². The SMILES string of the molecule is CC1(C)CC(O)CN1C(=O)c1ccccn1. The van der Waals surface area contributed by atoms with E-state index in [-0.39, 0.29) is 11.4 Å². The number of β-amino-alcohol motifs (C(OH)–C–C–N with tert-alkyl or cyclic N) is 1. The van der Waals surface area contributed by atoms with Gasteiger partial charge in [0.25, 0.3) is 5.91 Å².